The van der Waals surface area contributed by atoms with Gasteiger partial charge in [-0.05, 0) is 138 Å². The third-order valence-corrected chi connectivity index (χ3v) is 24.5. The van der Waals surface area contributed by atoms with Gasteiger partial charge in [-0.15, -0.1) is 11.6 Å². The molecule has 1 spiro atoms. The zero-order chi connectivity index (χ0) is 76.1. The predicted octanol–water partition coefficient (Wildman–Crippen LogP) is 6.90. The van der Waals surface area contributed by atoms with Crippen LogP contribution in [0.3, 0.4) is 0 Å². The number of amides is 12. The number of likely N-dealkylation sites (N-methyl/N-ethyl adjacent to an activating group) is 7. The zero-order valence-electron chi connectivity index (χ0n) is 63.5. The van der Waals surface area contributed by atoms with E-state index in [1.54, 1.807) is 13.0 Å². The van der Waals surface area contributed by atoms with E-state index in [1.807, 2.05) is 26.8 Å². The maximum atomic E-state index is 15.6. The van der Waals surface area contributed by atoms with E-state index in [9.17, 15) is 41.9 Å². The van der Waals surface area contributed by atoms with Gasteiger partial charge >= 0.3 is 6.18 Å². The summed E-state index contributed by atoms with van der Waals surface area (Å²) >= 11 is 6.46. The Morgan fingerprint density at radius 2 is 1.28 bits per heavy atom. The fraction of sp³-hybridized carbons (Fsp3) is 0.813. The minimum absolute atomic E-state index is 0.00169. The molecule has 12 amide bonds. The standard InChI is InChI=1S/C75H120ClF3N12O12/c1-14-23-50-41-57-66(96)82-74(36-22-37-74)73(103)89(13)64(51-25-19-20-26-51)72(102)88(12)58(68(98)83(6)7)42-61(93)86(10)55(24-15-2)65(95)81-63(47(5)16-3)71(101)85(9)45-62(94)87(11)56-27-18-17-21-38-90(70(56)100)59(40-49-30-28-46(4)29-31-49)69(99)84(8)44-60(92)80-54(67(97)91(57)43-50)35-33-48-32-34-52(53(76)39-48)75(77,78)79/h17-18,46-59,63-64H,14-16,19-45H2,1-13H3,(H,80,92)(H,81,95)(H,82,96)/b18-17-/t46?,47-,48?,49?,50+,52?,53?,54-,55-,56-,57-,58-,59-,63-,64-/m0/s1. The topological polar surface area (TPSA) is 270 Å². The van der Waals surface area contributed by atoms with Crippen LogP contribution in [0.5, 0.6) is 0 Å². The van der Waals surface area contributed by atoms with Crippen molar-refractivity contribution in [3.8, 4) is 0 Å². The van der Waals surface area contributed by atoms with Gasteiger partial charge in [0, 0.05) is 74.8 Å². The molecule has 580 valence electrons. The second kappa shape index (κ2) is 37.1. The highest BCUT2D eigenvalue weighted by Crippen LogP contribution is 2.45. The van der Waals surface area contributed by atoms with Crippen molar-refractivity contribution in [3.63, 3.8) is 0 Å². The second-order valence-electron chi connectivity index (χ2n) is 31.7. The maximum absolute atomic E-state index is 15.6. The van der Waals surface area contributed by atoms with Gasteiger partial charge in [-0.1, -0.05) is 105 Å². The lowest BCUT2D eigenvalue weighted by molar-refractivity contribution is -0.182. The van der Waals surface area contributed by atoms with Crippen molar-refractivity contribution < 1.29 is 70.7 Å². The predicted molar refractivity (Wildman–Crippen MR) is 384 cm³/mol. The summed E-state index contributed by atoms with van der Waals surface area (Å²) in [5.41, 5.74) is -1.54. The quantitative estimate of drug-likeness (QED) is 0.126. The lowest BCUT2D eigenvalue weighted by Crippen LogP contribution is -2.68. The molecule has 24 nitrogen and oxygen atoms in total. The molecule has 0 aromatic carbocycles. The van der Waals surface area contributed by atoms with Gasteiger partial charge in [0.05, 0.1) is 25.4 Å². The molecule has 13 atom stereocenters. The third-order valence-electron chi connectivity index (χ3n) is 24.0. The van der Waals surface area contributed by atoms with Crippen molar-refractivity contribution in [1.82, 2.24) is 60.0 Å². The number of carbonyl (C=O) groups excluding carboxylic acids is 12. The van der Waals surface area contributed by atoms with Crippen molar-refractivity contribution in [2.75, 3.05) is 82.6 Å². The smallest absolute Gasteiger partial charge is 0.347 e. The summed E-state index contributed by atoms with van der Waals surface area (Å²) < 4.78 is 42.4. The Balaban J connectivity index is 1.30. The van der Waals surface area contributed by atoms with Gasteiger partial charge in [0.2, 0.25) is 70.9 Å². The van der Waals surface area contributed by atoms with Crippen molar-refractivity contribution in [3.05, 3.63) is 12.2 Å². The number of hydrogen-bond acceptors (Lipinski definition) is 12. The van der Waals surface area contributed by atoms with Crippen LogP contribution in [0.2, 0.25) is 0 Å². The Labute approximate surface area is 613 Å². The van der Waals surface area contributed by atoms with Gasteiger partial charge in [-0.3, -0.25) is 57.5 Å². The van der Waals surface area contributed by atoms with Gasteiger partial charge in [0.25, 0.3) is 0 Å². The largest absolute Gasteiger partial charge is 0.393 e. The Hall–Kier alpha value is -6.54. The Kier molecular flexibility index (Phi) is 30.2. The lowest BCUT2D eigenvalue weighted by atomic mass is 9.74. The van der Waals surface area contributed by atoms with Crippen LogP contribution < -0.4 is 16.0 Å². The average Bonchev–Trinajstić information content (AvgIpc) is 1.75. The van der Waals surface area contributed by atoms with Gasteiger partial charge < -0.3 is 60.0 Å². The maximum Gasteiger partial charge on any atom is 0.393 e. The summed E-state index contributed by atoms with van der Waals surface area (Å²) in [6.45, 7) is 8.63. The molecular formula is C75H120ClF3N12O12. The Bertz CT molecular complexity index is 3050. The minimum atomic E-state index is -4.51. The van der Waals surface area contributed by atoms with E-state index >= 15 is 28.8 Å². The van der Waals surface area contributed by atoms with E-state index in [0.717, 1.165) is 38.5 Å². The van der Waals surface area contributed by atoms with E-state index in [2.05, 4.69) is 22.9 Å². The molecule has 2 bridgehead atoms. The van der Waals surface area contributed by atoms with Gasteiger partial charge in [-0.2, -0.15) is 13.2 Å². The number of halogens is 4. The first kappa shape index (κ1) is 83.7. The molecule has 7 aliphatic rings. The molecule has 0 radical (unpaired) electrons. The molecule has 4 saturated carbocycles. The number of rotatable bonds is 13. The molecular weight excluding hydrogens is 1350 g/mol. The number of alkyl halides is 4. The highest BCUT2D eigenvalue weighted by molar-refractivity contribution is 6.21. The normalized spacial score (nSPS) is 32.0. The van der Waals surface area contributed by atoms with Crippen molar-refractivity contribution >= 4 is 82.5 Å². The molecule has 0 aromatic heterocycles. The zero-order valence-corrected chi connectivity index (χ0v) is 64.3. The average molecular weight is 1470 g/mol. The van der Waals surface area contributed by atoms with Crippen LogP contribution in [0.4, 0.5) is 13.2 Å². The van der Waals surface area contributed by atoms with Crippen LogP contribution >= 0.6 is 11.6 Å². The number of carbonyl (C=O) groups is 12. The summed E-state index contributed by atoms with van der Waals surface area (Å²) in [5.74, 6) is -10.2. The van der Waals surface area contributed by atoms with Crippen LogP contribution in [0, 0.1) is 41.4 Å². The molecule has 28 heteroatoms. The van der Waals surface area contributed by atoms with Crippen LogP contribution in [0.15, 0.2) is 12.2 Å². The number of nitrogens with zero attached hydrogens (tertiary/aromatic N) is 9. The summed E-state index contributed by atoms with van der Waals surface area (Å²) in [6, 6.07) is -9.76. The molecule has 2 saturated heterocycles. The van der Waals surface area contributed by atoms with Gasteiger partial charge in [-0.25, -0.2) is 0 Å². The van der Waals surface area contributed by atoms with E-state index in [0.29, 0.717) is 57.3 Å². The van der Waals surface area contributed by atoms with Crippen LogP contribution in [0.1, 0.15) is 202 Å². The highest BCUT2D eigenvalue weighted by Gasteiger charge is 2.54. The first-order valence-electron chi connectivity index (χ1n) is 38.2. The fourth-order valence-electron chi connectivity index (χ4n) is 17.0. The lowest BCUT2D eigenvalue weighted by Gasteiger charge is -2.46. The molecule has 3 N–H and O–H groups in total. The Morgan fingerprint density at radius 3 is 1.87 bits per heavy atom. The summed E-state index contributed by atoms with van der Waals surface area (Å²) in [5, 5.41) is 7.66. The van der Waals surface area contributed by atoms with Gasteiger partial charge in [0.1, 0.15) is 53.9 Å². The summed E-state index contributed by atoms with van der Waals surface area (Å²) in [6.07, 6.45) is 8.54. The SMILES string of the molecule is CCC[C@@H]1C[C@H]2C(=O)NC3(CCC3)C(=O)N(C)[C@@H](C3CCCC3)C(=O)N(C)[C@H](C(=O)N(C)C)CC(=O)N(C)[C@@H](CCC)C(=O)N[C@@H]([C@@H](C)CC)C(=O)N(C)CC(=O)N(C)[C@H]3C/C=C\CCN(C3=O)[C@@H](CC3CCC(C)CC3)C(=O)N(C)CC(=O)N[C@@H](CCC3CCC(C(F)(F)F)C(Cl)C3)C(=O)N2C1. The minimum Gasteiger partial charge on any atom is -0.347 e. The van der Waals surface area contributed by atoms with E-state index in [1.165, 1.54) is 100 Å². The van der Waals surface area contributed by atoms with E-state index in [4.69, 9.17) is 11.6 Å². The van der Waals surface area contributed by atoms with Crippen LogP contribution in [-0.4, -0.2) is 263 Å². The van der Waals surface area contributed by atoms with Crippen molar-refractivity contribution in [2.24, 2.45) is 41.4 Å². The second-order valence-corrected chi connectivity index (χ2v) is 32.2. The first-order chi connectivity index (χ1) is 48.6. The monoisotopic (exact) mass is 1470 g/mol. The first-order valence-corrected chi connectivity index (χ1v) is 38.7. The third kappa shape index (κ3) is 20.5. The molecule has 6 fully saturated rings. The number of hydrogen-bond donors (Lipinski definition) is 3. The van der Waals surface area contributed by atoms with Gasteiger partial charge in [0.15, 0.2) is 0 Å². The molecule has 4 aliphatic carbocycles. The molecule has 3 heterocycles. The van der Waals surface area contributed by atoms with Crippen molar-refractivity contribution in [2.45, 2.75) is 267 Å². The number of fused-ring (bicyclic) bond motifs is 3. The molecule has 3 unspecified atom stereocenters. The molecule has 7 rings (SSSR count). The van der Waals surface area contributed by atoms with E-state index in [-0.39, 0.29) is 101 Å². The fourth-order valence-corrected chi connectivity index (χ4v) is 17.6. The van der Waals surface area contributed by atoms with E-state index < -0.39 is 174 Å². The van der Waals surface area contributed by atoms with Crippen LogP contribution in [-0.2, 0) is 57.5 Å². The Morgan fingerprint density at radius 1 is 0.641 bits per heavy atom. The van der Waals surface area contributed by atoms with Crippen LogP contribution in [0.25, 0.3) is 0 Å². The summed E-state index contributed by atoms with van der Waals surface area (Å²) in [4.78, 5) is 193. The molecule has 0 aromatic rings. The number of nitrogens with one attached hydrogen (secondary N) is 3. The van der Waals surface area contributed by atoms with Crippen molar-refractivity contribution in [1.29, 1.82) is 0 Å². The highest BCUT2D eigenvalue weighted by atomic mass is 35.5. The molecule has 3 aliphatic heterocycles. The molecule has 103 heavy (non-hydrogen) atoms. The summed E-state index contributed by atoms with van der Waals surface area (Å²) in [7, 11) is 11.6.